The molecule has 1 N–H and O–H groups in total. The summed E-state index contributed by atoms with van der Waals surface area (Å²) in [4.78, 5) is 10.8. The number of benzene rings is 1. The van der Waals surface area contributed by atoms with E-state index in [1.54, 1.807) is 0 Å². The normalized spacial score (nSPS) is 23.6. The smallest absolute Gasteiger partial charge is 0.332 e. The Balaban J connectivity index is 1.76. The Bertz CT molecular complexity index is 575. The van der Waals surface area contributed by atoms with Crippen molar-refractivity contribution in [3.63, 3.8) is 0 Å². The molecule has 4 heteroatoms. The largest absolute Gasteiger partial charge is 0.479 e. The lowest BCUT2D eigenvalue weighted by atomic mass is 10.2. The SMILES string of the molecule is O=C(O)C1CCC(Cn2ccc3ccccc32)O1. The number of nitrogens with zero attached hydrogens (tertiary/aromatic N) is 1. The van der Waals surface area contributed by atoms with Gasteiger partial charge in [0.15, 0.2) is 6.10 Å². The van der Waals surface area contributed by atoms with Crippen molar-refractivity contribution in [3.8, 4) is 0 Å². The van der Waals surface area contributed by atoms with E-state index in [1.807, 2.05) is 18.3 Å². The molecule has 94 valence electrons. The topological polar surface area (TPSA) is 51.5 Å². The summed E-state index contributed by atoms with van der Waals surface area (Å²) in [5, 5.41) is 10.1. The Morgan fingerprint density at radius 1 is 1.33 bits per heavy atom. The van der Waals surface area contributed by atoms with Gasteiger partial charge >= 0.3 is 5.97 Å². The van der Waals surface area contributed by atoms with Crippen molar-refractivity contribution in [2.75, 3.05) is 0 Å². The summed E-state index contributed by atoms with van der Waals surface area (Å²) in [6, 6.07) is 10.2. The fourth-order valence-electron chi connectivity index (χ4n) is 2.54. The van der Waals surface area contributed by atoms with Gasteiger partial charge in [0, 0.05) is 18.3 Å². The van der Waals surface area contributed by atoms with Gasteiger partial charge in [-0.3, -0.25) is 0 Å². The maximum Gasteiger partial charge on any atom is 0.332 e. The molecule has 1 aliphatic rings. The van der Waals surface area contributed by atoms with E-state index in [-0.39, 0.29) is 6.10 Å². The van der Waals surface area contributed by atoms with Crippen LogP contribution in [-0.4, -0.2) is 27.9 Å². The number of carboxylic acids is 1. The van der Waals surface area contributed by atoms with E-state index in [4.69, 9.17) is 9.84 Å². The lowest BCUT2D eigenvalue weighted by molar-refractivity contribution is -0.149. The molecule has 0 bridgehead atoms. The van der Waals surface area contributed by atoms with Crippen molar-refractivity contribution in [2.24, 2.45) is 0 Å². The van der Waals surface area contributed by atoms with Gasteiger partial charge in [-0.05, 0) is 30.4 Å². The molecule has 2 unspecified atom stereocenters. The van der Waals surface area contributed by atoms with E-state index in [9.17, 15) is 4.79 Å². The van der Waals surface area contributed by atoms with E-state index in [0.29, 0.717) is 6.42 Å². The average molecular weight is 245 g/mol. The van der Waals surface area contributed by atoms with Gasteiger partial charge in [0.25, 0.3) is 0 Å². The molecule has 0 amide bonds. The summed E-state index contributed by atoms with van der Waals surface area (Å²) in [6.45, 7) is 0.720. The minimum absolute atomic E-state index is 0.00176. The Morgan fingerprint density at radius 2 is 2.17 bits per heavy atom. The molecule has 1 aromatic carbocycles. The molecule has 2 heterocycles. The van der Waals surface area contributed by atoms with Crippen molar-refractivity contribution in [3.05, 3.63) is 36.5 Å². The molecule has 3 rings (SSSR count). The predicted molar refractivity (Wildman–Crippen MR) is 67.5 cm³/mol. The van der Waals surface area contributed by atoms with Crippen molar-refractivity contribution >= 4 is 16.9 Å². The fraction of sp³-hybridized carbons (Fsp3) is 0.357. The van der Waals surface area contributed by atoms with Crippen LogP contribution in [0.15, 0.2) is 36.5 Å². The number of aliphatic carboxylic acids is 1. The van der Waals surface area contributed by atoms with Crippen LogP contribution in [0, 0.1) is 0 Å². The van der Waals surface area contributed by atoms with E-state index >= 15 is 0 Å². The first-order valence-corrected chi connectivity index (χ1v) is 6.16. The van der Waals surface area contributed by atoms with Crippen LogP contribution in [-0.2, 0) is 16.1 Å². The first-order valence-electron chi connectivity index (χ1n) is 6.16. The van der Waals surface area contributed by atoms with E-state index in [2.05, 4.69) is 22.8 Å². The number of fused-ring (bicyclic) bond motifs is 1. The van der Waals surface area contributed by atoms with E-state index in [1.165, 1.54) is 10.9 Å². The van der Waals surface area contributed by atoms with Crippen LogP contribution in [0.1, 0.15) is 12.8 Å². The summed E-state index contributed by atoms with van der Waals surface area (Å²) in [6.07, 6.45) is 2.82. The van der Waals surface area contributed by atoms with Gasteiger partial charge in [-0.1, -0.05) is 18.2 Å². The number of hydrogen-bond donors (Lipinski definition) is 1. The fourth-order valence-corrected chi connectivity index (χ4v) is 2.54. The predicted octanol–water partition coefficient (Wildman–Crippen LogP) is 2.27. The highest BCUT2D eigenvalue weighted by Gasteiger charge is 2.30. The summed E-state index contributed by atoms with van der Waals surface area (Å²) in [5.41, 5.74) is 1.17. The highest BCUT2D eigenvalue weighted by atomic mass is 16.5. The minimum atomic E-state index is -0.852. The molecule has 0 spiro atoms. The Morgan fingerprint density at radius 3 is 2.94 bits per heavy atom. The molecule has 2 aromatic rings. The molecular formula is C14H15NO3. The van der Waals surface area contributed by atoms with Crippen LogP contribution in [0.2, 0.25) is 0 Å². The standard InChI is InChI=1S/C14H15NO3/c16-14(17)13-6-5-11(18-13)9-15-8-7-10-3-1-2-4-12(10)15/h1-4,7-8,11,13H,5-6,9H2,(H,16,17). The van der Waals surface area contributed by atoms with Crippen LogP contribution >= 0.6 is 0 Å². The van der Waals surface area contributed by atoms with Gasteiger partial charge in [-0.2, -0.15) is 0 Å². The van der Waals surface area contributed by atoms with Crippen LogP contribution in [0.4, 0.5) is 0 Å². The van der Waals surface area contributed by atoms with Crippen molar-refractivity contribution < 1.29 is 14.6 Å². The van der Waals surface area contributed by atoms with E-state index in [0.717, 1.165) is 13.0 Å². The van der Waals surface area contributed by atoms with Crippen molar-refractivity contribution in [1.29, 1.82) is 0 Å². The third-order valence-electron chi connectivity index (χ3n) is 3.46. The second-order valence-corrected chi connectivity index (χ2v) is 4.69. The molecular weight excluding hydrogens is 230 g/mol. The van der Waals surface area contributed by atoms with Gasteiger partial charge in [-0.15, -0.1) is 0 Å². The molecule has 1 fully saturated rings. The zero-order valence-corrected chi connectivity index (χ0v) is 9.95. The van der Waals surface area contributed by atoms with Crippen LogP contribution in [0.5, 0.6) is 0 Å². The van der Waals surface area contributed by atoms with Crippen LogP contribution in [0.25, 0.3) is 10.9 Å². The molecule has 4 nitrogen and oxygen atoms in total. The van der Waals surface area contributed by atoms with E-state index < -0.39 is 12.1 Å². The maximum atomic E-state index is 10.8. The minimum Gasteiger partial charge on any atom is -0.479 e. The summed E-state index contributed by atoms with van der Waals surface area (Å²) in [7, 11) is 0. The van der Waals surface area contributed by atoms with Gasteiger partial charge in [0.2, 0.25) is 0 Å². The highest BCUT2D eigenvalue weighted by Crippen LogP contribution is 2.23. The monoisotopic (exact) mass is 245 g/mol. The molecule has 2 atom stereocenters. The number of carboxylic acid groups (broad SMARTS) is 1. The Kier molecular flexibility index (Phi) is 2.80. The van der Waals surface area contributed by atoms with Gasteiger partial charge < -0.3 is 14.4 Å². The maximum absolute atomic E-state index is 10.8. The number of hydrogen-bond acceptors (Lipinski definition) is 2. The lowest BCUT2D eigenvalue weighted by Gasteiger charge is -2.13. The first-order chi connectivity index (χ1) is 8.74. The molecule has 1 saturated heterocycles. The lowest BCUT2D eigenvalue weighted by Crippen LogP contribution is -2.22. The van der Waals surface area contributed by atoms with Crippen LogP contribution < -0.4 is 0 Å². The average Bonchev–Trinajstić information content (AvgIpc) is 2.98. The number of ether oxygens (including phenoxy) is 1. The highest BCUT2D eigenvalue weighted by molar-refractivity contribution is 5.79. The number of rotatable bonds is 3. The van der Waals surface area contributed by atoms with Crippen molar-refractivity contribution in [1.82, 2.24) is 4.57 Å². The Labute approximate surface area is 105 Å². The third-order valence-corrected chi connectivity index (χ3v) is 3.46. The molecule has 18 heavy (non-hydrogen) atoms. The van der Waals surface area contributed by atoms with Gasteiger partial charge in [-0.25, -0.2) is 4.79 Å². The molecule has 1 aromatic heterocycles. The summed E-state index contributed by atoms with van der Waals surface area (Å²) >= 11 is 0. The summed E-state index contributed by atoms with van der Waals surface area (Å²) in [5.74, 6) is -0.852. The zero-order chi connectivity index (χ0) is 12.5. The third kappa shape index (κ3) is 1.99. The van der Waals surface area contributed by atoms with Gasteiger partial charge in [0.1, 0.15) is 0 Å². The number of para-hydroxylation sites is 1. The number of aromatic nitrogens is 1. The summed E-state index contributed by atoms with van der Waals surface area (Å²) < 4.78 is 7.65. The zero-order valence-electron chi connectivity index (χ0n) is 9.95. The van der Waals surface area contributed by atoms with Crippen molar-refractivity contribution in [2.45, 2.75) is 31.6 Å². The Hall–Kier alpha value is -1.81. The molecule has 0 radical (unpaired) electrons. The molecule has 1 aliphatic heterocycles. The van der Waals surface area contributed by atoms with Crippen LogP contribution in [0.3, 0.4) is 0 Å². The second kappa shape index (κ2) is 4.46. The van der Waals surface area contributed by atoms with Gasteiger partial charge in [0.05, 0.1) is 6.10 Å². The molecule has 0 aliphatic carbocycles. The second-order valence-electron chi connectivity index (χ2n) is 4.69. The first kappa shape index (κ1) is 11.3. The molecule has 0 saturated carbocycles. The quantitative estimate of drug-likeness (QED) is 0.902. The number of carbonyl (C=O) groups is 1.